The van der Waals surface area contributed by atoms with E-state index in [2.05, 4.69) is 10.3 Å². The van der Waals surface area contributed by atoms with Crippen LogP contribution in [0.5, 0.6) is 0 Å². The Morgan fingerprint density at radius 3 is 3.26 bits per heavy atom. The van der Waals surface area contributed by atoms with Crippen molar-refractivity contribution in [3.05, 3.63) is 30.1 Å². The van der Waals surface area contributed by atoms with Crippen molar-refractivity contribution in [2.45, 2.75) is 19.0 Å². The number of aliphatic hydroxyl groups is 1. The molecule has 1 fully saturated rings. The largest absolute Gasteiger partial charge is 0.396 e. The highest BCUT2D eigenvalue weighted by atomic mass is 32.2. The van der Waals surface area contributed by atoms with Crippen molar-refractivity contribution < 1.29 is 9.90 Å². The van der Waals surface area contributed by atoms with Gasteiger partial charge in [0.15, 0.2) is 0 Å². The summed E-state index contributed by atoms with van der Waals surface area (Å²) in [6, 6.07) is 3.87. The van der Waals surface area contributed by atoms with Crippen molar-refractivity contribution >= 4 is 17.8 Å². The third-order valence-corrected chi connectivity index (χ3v) is 4.21. The van der Waals surface area contributed by atoms with E-state index in [1.54, 1.807) is 12.4 Å². The zero-order valence-corrected chi connectivity index (χ0v) is 11.6. The number of amides is 2. The van der Waals surface area contributed by atoms with Gasteiger partial charge in [-0.05, 0) is 18.1 Å². The van der Waals surface area contributed by atoms with E-state index in [1.165, 1.54) is 0 Å². The number of nitrogens with one attached hydrogen (secondary N) is 1. The second-order valence-corrected chi connectivity index (χ2v) is 5.60. The molecule has 2 amide bonds. The molecule has 0 aliphatic carbocycles. The molecule has 0 bridgehead atoms. The number of hydrogen-bond acceptors (Lipinski definition) is 4. The van der Waals surface area contributed by atoms with Crippen molar-refractivity contribution in [3.63, 3.8) is 0 Å². The van der Waals surface area contributed by atoms with E-state index in [0.717, 1.165) is 23.6 Å². The number of aliphatic hydroxyl groups excluding tert-OH is 1. The maximum atomic E-state index is 12.2. The Balaban J connectivity index is 1.87. The summed E-state index contributed by atoms with van der Waals surface area (Å²) in [6.45, 7) is 1.36. The molecule has 6 heteroatoms. The Morgan fingerprint density at radius 1 is 1.63 bits per heavy atom. The summed E-state index contributed by atoms with van der Waals surface area (Å²) in [5, 5.41) is 12.0. The summed E-state index contributed by atoms with van der Waals surface area (Å²) in [5.74, 6) is 1.86. The van der Waals surface area contributed by atoms with E-state index >= 15 is 0 Å². The van der Waals surface area contributed by atoms with Gasteiger partial charge in [0, 0.05) is 49.6 Å². The van der Waals surface area contributed by atoms with Crippen LogP contribution in [-0.2, 0) is 6.54 Å². The molecular formula is C13H19N3O2S. The number of carbonyl (C=O) groups excluding carboxylic acids is 1. The summed E-state index contributed by atoms with van der Waals surface area (Å²) in [4.78, 5) is 18.0. The number of nitrogens with zero attached hydrogens (tertiary/aromatic N) is 2. The van der Waals surface area contributed by atoms with Gasteiger partial charge in [-0.25, -0.2) is 4.79 Å². The molecular weight excluding hydrogens is 262 g/mol. The molecule has 1 aliphatic heterocycles. The molecule has 2 rings (SSSR count). The van der Waals surface area contributed by atoms with Gasteiger partial charge in [0.05, 0.1) is 0 Å². The van der Waals surface area contributed by atoms with E-state index in [4.69, 9.17) is 5.11 Å². The standard InChI is InChI=1S/C13H19N3O2S/c17-6-3-12-10-19-7-5-16(12)13(18)15-9-11-2-1-4-14-8-11/h1-2,4,8,12,17H,3,5-7,9-10H2,(H,15,18)/t12-/m1/s1. The first-order valence-corrected chi connectivity index (χ1v) is 7.58. The average Bonchev–Trinajstić information content (AvgIpc) is 2.47. The van der Waals surface area contributed by atoms with Gasteiger partial charge in [-0.2, -0.15) is 11.8 Å². The molecule has 1 saturated heterocycles. The fraction of sp³-hybridized carbons (Fsp3) is 0.538. The number of carbonyl (C=O) groups is 1. The molecule has 0 unspecified atom stereocenters. The highest BCUT2D eigenvalue weighted by Gasteiger charge is 2.26. The SMILES string of the molecule is O=C(NCc1cccnc1)N1CCSC[C@H]1CCO. The molecule has 1 aliphatic rings. The summed E-state index contributed by atoms with van der Waals surface area (Å²) in [7, 11) is 0. The summed E-state index contributed by atoms with van der Waals surface area (Å²) < 4.78 is 0. The lowest BCUT2D eigenvalue weighted by atomic mass is 10.2. The smallest absolute Gasteiger partial charge is 0.317 e. The Bertz CT molecular complexity index is 400. The topological polar surface area (TPSA) is 65.5 Å². The summed E-state index contributed by atoms with van der Waals surface area (Å²) in [6.07, 6.45) is 4.11. The predicted octanol–water partition coefficient (Wildman–Crippen LogP) is 1.09. The molecule has 104 valence electrons. The molecule has 5 nitrogen and oxygen atoms in total. The molecule has 19 heavy (non-hydrogen) atoms. The van der Waals surface area contributed by atoms with Crippen LogP contribution < -0.4 is 5.32 Å². The lowest BCUT2D eigenvalue weighted by Gasteiger charge is -2.35. The zero-order chi connectivity index (χ0) is 13.5. The van der Waals surface area contributed by atoms with Crippen molar-refractivity contribution in [2.24, 2.45) is 0 Å². The maximum Gasteiger partial charge on any atom is 0.317 e. The number of hydrogen-bond donors (Lipinski definition) is 2. The van der Waals surface area contributed by atoms with Crippen LogP contribution in [0.2, 0.25) is 0 Å². The van der Waals surface area contributed by atoms with E-state index in [1.807, 2.05) is 28.8 Å². The Hall–Kier alpha value is -1.27. The van der Waals surface area contributed by atoms with Crippen molar-refractivity contribution in [2.75, 3.05) is 24.7 Å². The second-order valence-electron chi connectivity index (χ2n) is 4.45. The van der Waals surface area contributed by atoms with Crippen LogP contribution in [0, 0.1) is 0 Å². The highest BCUT2D eigenvalue weighted by Crippen LogP contribution is 2.18. The number of urea groups is 1. The van der Waals surface area contributed by atoms with Crippen molar-refractivity contribution in [1.29, 1.82) is 0 Å². The van der Waals surface area contributed by atoms with Gasteiger partial charge in [0.1, 0.15) is 0 Å². The lowest BCUT2D eigenvalue weighted by Crippen LogP contribution is -2.50. The monoisotopic (exact) mass is 281 g/mol. The molecule has 0 spiro atoms. The predicted molar refractivity (Wildman–Crippen MR) is 76.0 cm³/mol. The molecule has 0 saturated carbocycles. The fourth-order valence-corrected chi connectivity index (χ4v) is 3.20. The quantitative estimate of drug-likeness (QED) is 0.867. The third-order valence-electron chi connectivity index (χ3n) is 3.12. The van der Waals surface area contributed by atoms with Crippen LogP contribution in [0.4, 0.5) is 4.79 Å². The third kappa shape index (κ3) is 4.11. The minimum Gasteiger partial charge on any atom is -0.396 e. The number of thioether (sulfide) groups is 1. The minimum absolute atomic E-state index is 0.0531. The van der Waals surface area contributed by atoms with Gasteiger partial charge in [-0.1, -0.05) is 6.07 Å². The molecule has 0 aromatic carbocycles. The van der Waals surface area contributed by atoms with E-state index in [9.17, 15) is 4.79 Å². The summed E-state index contributed by atoms with van der Waals surface area (Å²) in [5.41, 5.74) is 0.987. The minimum atomic E-state index is -0.0531. The first-order valence-electron chi connectivity index (χ1n) is 6.43. The highest BCUT2D eigenvalue weighted by molar-refractivity contribution is 7.99. The van der Waals surface area contributed by atoms with E-state index < -0.39 is 0 Å². The average molecular weight is 281 g/mol. The number of aromatic nitrogens is 1. The van der Waals surface area contributed by atoms with Crippen LogP contribution in [0.3, 0.4) is 0 Å². The maximum absolute atomic E-state index is 12.2. The van der Waals surface area contributed by atoms with Gasteiger partial charge in [-0.3, -0.25) is 4.98 Å². The van der Waals surface area contributed by atoms with Crippen LogP contribution >= 0.6 is 11.8 Å². The van der Waals surface area contributed by atoms with Gasteiger partial charge in [-0.15, -0.1) is 0 Å². The molecule has 2 heterocycles. The molecule has 2 N–H and O–H groups in total. The van der Waals surface area contributed by atoms with Crippen LogP contribution in [0.25, 0.3) is 0 Å². The van der Waals surface area contributed by atoms with Crippen LogP contribution in [0.15, 0.2) is 24.5 Å². The number of rotatable bonds is 4. The van der Waals surface area contributed by atoms with Gasteiger partial charge < -0.3 is 15.3 Å². The van der Waals surface area contributed by atoms with E-state index in [0.29, 0.717) is 13.0 Å². The van der Waals surface area contributed by atoms with Crippen LogP contribution in [-0.4, -0.2) is 51.7 Å². The fourth-order valence-electron chi connectivity index (χ4n) is 2.09. The van der Waals surface area contributed by atoms with E-state index in [-0.39, 0.29) is 18.7 Å². The Morgan fingerprint density at radius 2 is 2.53 bits per heavy atom. The molecule has 1 aromatic rings. The second kappa shape index (κ2) is 7.35. The molecule has 0 radical (unpaired) electrons. The van der Waals surface area contributed by atoms with Gasteiger partial charge in [0.25, 0.3) is 0 Å². The normalized spacial score (nSPS) is 19.2. The summed E-state index contributed by atoms with van der Waals surface area (Å²) >= 11 is 1.84. The van der Waals surface area contributed by atoms with Crippen molar-refractivity contribution in [1.82, 2.24) is 15.2 Å². The number of pyridine rings is 1. The van der Waals surface area contributed by atoms with Gasteiger partial charge >= 0.3 is 6.03 Å². The van der Waals surface area contributed by atoms with Crippen molar-refractivity contribution in [3.8, 4) is 0 Å². The zero-order valence-electron chi connectivity index (χ0n) is 10.8. The lowest BCUT2D eigenvalue weighted by molar-refractivity contribution is 0.165. The molecule has 1 aromatic heterocycles. The molecule has 1 atom stereocenters. The first-order chi connectivity index (χ1) is 9.31. The Labute approximate surface area is 117 Å². The van der Waals surface area contributed by atoms with Crippen LogP contribution in [0.1, 0.15) is 12.0 Å². The Kier molecular flexibility index (Phi) is 5.47. The van der Waals surface area contributed by atoms with Gasteiger partial charge in [0.2, 0.25) is 0 Å². The first kappa shape index (κ1) is 14.1.